The molecule has 144 valence electrons. The lowest BCUT2D eigenvalue weighted by Gasteiger charge is -2.36. The number of nitro groups is 1. The first-order valence-corrected chi connectivity index (χ1v) is 8.51. The molecule has 0 saturated carbocycles. The second-order valence-corrected chi connectivity index (χ2v) is 6.20. The van der Waals surface area contributed by atoms with Crippen LogP contribution in [0.3, 0.4) is 0 Å². The molecule has 3 rings (SSSR count). The van der Waals surface area contributed by atoms with Crippen molar-refractivity contribution >= 4 is 17.2 Å². The smallest absolute Gasteiger partial charge is 0.376 e. The highest BCUT2D eigenvalue weighted by Crippen LogP contribution is 2.25. The monoisotopic (exact) mass is 376 g/mol. The van der Waals surface area contributed by atoms with E-state index >= 15 is 0 Å². The fraction of sp³-hybridized carbons (Fsp3) is 0.412. The van der Waals surface area contributed by atoms with Crippen LogP contribution in [0.1, 0.15) is 5.82 Å². The van der Waals surface area contributed by atoms with Crippen LogP contribution in [0.15, 0.2) is 29.1 Å². The number of aromatic nitrogens is 2. The zero-order chi connectivity index (χ0) is 19.6. The van der Waals surface area contributed by atoms with E-state index in [1.165, 1.54) is 12.1 Å². The van der Waals surface area contributed by atoms with E-state index < -0.39 is 22.8 Å². The van der Waals surface area contributed by atoms with Crippen LogP contribution in [-0.2, 0) is 6.54 Å². The second-order valence-electron chi connectivity index (χ2n) is 6.20. The molecule has 0 radical (unpaired) electrons. The van der Waals surface area contributed by atoms with Gasteiger partial charge in [-0.3, -0.25) is 19.5 Å². The van der Waals surface area contributed by atoms with Gasteiger partial charge >= 0.3 is 11.2 Å². The lowest BCUT2D eigenvalue weighted by molar-refractivity contribution is -0.386. The minimum atomic E-state index is -0.806. The summed E-state index contributed by atoms with van der Waals surface area (Å²) in [6.07, 6.45) is 0. The Bertz CT molecular complexity index is 891. The van der Waals surface area contributed by atoms with Crippen molar-refractivity contribution < 1.29 is 14.4 Å². The zero-order valence-corrected chi connectivity index (χ0v) is 14.8. The average Bonchev–Trinajstić information content (AvgIpc) is 2.65. The molecule has 0 atom stereocenters. The van der Waals surface area contributed by atoms with E-state index in [9.17, 15) is 24.4 Å². The molecular formula is C17H19FN5O4-. The second kappa shape index (κ2) is 7.70. The number of rotatable bonds is 5. The van der Waals surface area contributed by atoms with Gasteiger partial charge in [0.05, 0.1) is 4.92 Å². The predicted octanol–water partition coefficient (Wildman–Crippen LogP) is 0.286. The summed E-state index contributed by atoms with van der Waals surface area (Å²) in [4.78, 5) is 31.2. The molecule has 0 N–H and O–H groups in total. The van der Waals surface area contributed by atoms with Crippen LogP contribution in [0.4, 0.5) is 21.6 Å². The van der Waals surface area contributed by atoms with Gasteiger partial charge < -0.3 is 14.9 Å². The molecule has 1 aromatic heterocycles. The third-order valence-corrected chi connectivity index (χ3v) is 4.59. The number of hydrogen-bond acceptors (Lipinski definition) is 7. The summed E-state index contributed by atoms with van der Waals surface area (Å²) in [5, 5.41) is 22.3. The number of benzene rings is 1. The Labute approximate surface area is 154 Å². The van der Waals surface area contributed by atoms with Crippen molar-refractivity contribution in [3.63, 3.8) is 0 Å². The zero-order valence-electron chi connectivity index (χ0n) is 14.8. The standard InChI is InChI=1S/C17H19FN5O4/c1-12-19-16(15(23(26)27)17(25)22(12)10-11-24)21-8-6-20(7-9-21)14-4-2-13(18)3-5-14/h2-5H,6-11H2,1H3/q-1. The van der Waals surface area contributed by atoms with Gasteiger partial charge in [-0.05, 0) is 31.2 Å². The highest BCUT2D eigenvalue weighted by atomic mass is 19.1. The first-order valence-electron chi connectivity index (χ1n) is 8.51. The van der Waals surface area contributed by atoms with E-state index in [-0.39, 0.29) is 24.0 Å². The summed E-state index contributed by atoms with van der Waals surface area (Å²) >= 11 is 0. The molecule has 1 aromatic carbocycles. The topological polar surface area (TPSA) is 108 Å². The number of nitrogens with zero attached hydrogens (tertiary/aromatic N) is 5. The molecule has 2 aromatic rings. The third-order valence-electron chi connectivity index (χ3n) is 4.59. The Morgan fingerprint density at radius 2 is 1.74 bits per heavy atom. The van der Waals surface area contributed by atoms with Crippen LogP contribution < -0.4 is 20.5 Å². The molecule has 0 aliphatic carbocycles. The summed E-state index contributed by atoms with van der Waals surface area (Å²) < 4.78 is 14.1. The van der Waals surface area contributed by atoms with Crippen molar-refractivity contribution in [2.45, 2.75) is 13.5 Å². The van der Waals surface area contributed by atoms with Crippen LogP contribution in [0.2, 0.25) is 0 Å². The van der Waals surface area contributed by atoms with Gasteiger partial charge in [0.25, 0.3) is 0 Å². The number of halogens is 1. The summed E-state index contributed by atoms with van der Waals surface area (Å²) in [5.74, 6) is -0.00727. The molecule has 2 heterocycles. The fourth-order valence-corrected chi connectivity index (χ4v) is 3.20. The normalized spacial score (nSPS) is 14.5. The van der Waals surface area contributed by atoms with Crippen molar-refractivity contribution in [3.8, 4) is 0 Å². The van der Waals surface area contributed by atoms with E-state index in [4.69, 9.17) is 0 Å². The van der Waals surface area contributed by atoms with Crippen molar-refractivity contribution in [2.24, 2.45) is 0 Å². The first-order chi connectivity index (χ1) is 12.9. The Morgan fingerprint density at radius 1 is 1.15 bits per heavy atom. The molecule has 27 heavy (non-hydrogen) atoms. The van der Waals surface area contributed by atoms with Crippen molar-refractivity contribution in [3.05, 3.63) is 56.4 Å². The average molecular weight is 376 g/mol. The Kier molecular flexibility index (Phi) is 5.36. The maximum Gasteiger partial charge on any atom is 0.376 e. The molecule has 0 amide bonds. The molecule has 0 unspecified atom stereocenters. The van der Waals surface area contributed by atoms with Crippen LogP contribution in [0.25, 0.3) is 0 Å². The van der Waals surface area contributed by atoms with Gasteiger partial charge in [0.1, 0.15) is 11.6 Å². The molecule has 1 aliphatic heterocycles. The van der Waals surface area contributed by atoms with E-state index in [1.54, 1.807) is 24.0 Å². The quantitative estimate of drug-likeness (QED) is 0.545. The number of aryl methyl sites for hydroxylation is 1. The first kappa shape index (κ1) is 18.8. The molecule has 0 bridgehead atoms. The lowest BCUT2D eigenvalue weighted by Crippen LogP contribution is -2.47. The predicted molar refractivity (Wildman–Crippen MR) is 95.6 cm³/mol. The summed E-state index contributed by atoms with van der Waals surface area (Å²) in [6, 6.07) is 6.13. The van der Waals surface area contributed by atoms with Gasteiger partial charge in [-0.15, -0.1) is 6.61 Å². The Balaban J connectivity index is 1.86. The van der Waals surface area contributed by atoms with Crippen LogP contribution >= 0.6 is 0 Å². The highest BCUT2D eigenvalue weighted by molar-refractivity contribution is 5.58. The molecule has 0 spiro atoms. The Hall–Kier alpha value is -3.01. The Morgan fingerprint density at radius 3 is 2.30 bits per heavy atom. The summed E-state index contributed by atoms with van der Waals surface area (Å²) in [6.45, 7) is 2.79. The SMILES string of the molecule is Cc1nc(N2CCN(c3ccc(F)cc3)CC2)c([N+](=O)[O-])c(=O)n1CC[O-]. The van der Waals surface area contributed by atoms with Gasteiger partial charge in [-0.2, -0.15) is 0 Å². The van der Waals surface area contributed by atoms with Crippen molar-refractivity contribution in [2.75, 3.05) is 42.6 Å². The van der Waals surface area contributed by atoms with E-state index in [2.05, 4.69) is 4.98 Å². The van der Waals surface area contributed by atoms with E-state index in [0.717, 1.165) is 10.3 Å². The minimum Gasteiger partial charge on any atom is -0.853 e. The minimum absolute atomic E-state index is 0.0309. The maximum atomic E-state index is 13.1. The third kappa shape index (κ3) is 3.75. The molecule has 1 saturated heterocycles. The van der Waals surface area contributed by atoms with Crippen LogP contribution in [0, 0.1) is 22.9 Å². The fourth-order valence-electron chi connectivity index (χ4n) is 3.20. The molecule has 9 nitrogen and oxygen atoms in total. The summed E-state index contributed by atoms with van der Waals surface area (Å²) in [5.41, 5.74) is -0.552. The van der Waals surface area contributed by atoms with E-state index in [0.29, 0.717) is 26.2 Å². The van der Waals surface area contributed by atoms with Crippen molar-refractivity contribution in [1.29, 1.82) is 0 Å². The molecule has 1 fully saturated rings. The van der Waals surface area contributed by atoms with Gasteiger partial charge in [0.2, 0.25) is 5.82 Å². The lowest BCUT2D eigenvalue weighted by atomic mass is 10.2. The molecule has 1 aliphatic rings. The van der Waals surface area contributed by atoms with Gasteiger partial charge in [0, 0.05) is 38.4 Å². The number of anilines is 2. The molecule has 10 heteroatoms. The van der Waals surface area contributed by atoms with Gasteiger partial charge in [0.15, 0.2) is 0 Å². The maximum absolute atomic E-state index is 13.1. The molecular weight excluding hydrogens is 357 g/mol. The van der Waals surface area contributed by atoms with Crippen molar-refractivity contribution in [1.82, 2.24) is 9.55 Å². The van der Waals surface area contributed by atoms with Crippen LogP contribution in [-0.4, -0.2) is 47.3 Å². The largest absolute Gasteiger partial charge is 0.853 e. The van der Waals surface area contributed by atoms with Gasteiger partial charge in [-0.25, -0.2) is 9.37 Å². The van der Waals surface area contributed by atoms with E-state index in [1.807, 2.05) is 4.90 Å². The highest BCUT2D eigenvalue weighted by Gasteiger charge is 2.30. The number of piperazine rings is 1. The van der Waals surface area contributed by atoms with Crippen LogP contribution in [0.5, 0.6) is 0 Å². The number of hydrogen-bond donors (Lipinski definition) is 0. The summed E-state index contributed by atoms with van der Waals surface area (Å²) in [7, 11) is 0. The van der Waals surface area contributed by atoms with Gasteiger partial charge in [-0.1, -0.05) is 0 Å².